The van der Waals surface area contributed by atoms with Crippen LogP contribution in [0.2, 0.25) is 0 Å². The molecule has 6 heteroatoms. The molecule has 0 atom stereocenters. The summed E-state index contributed by atoms with van der Waals surface area (Å²) in [5.41, 5.74) is 0. The minimum absolute atomic E-state index is 0.0864. The molecule has 2 N–H and O–H groups in total. The van der Waals surface area contributed by atoms with E-state index in [4.69, 9.17) is 14.2 Å². The van der Waals surface area contributed by atoms with Gasteiger partial charge in [-0.05, 0) is 19.4 Å². The highest BCUT2D eigenvalue weighted by atomic mass is 16.5. The lowest BCUT2D eigenvalue weighted by Gasteiger charge is -2.09. The number of rotatable bonds is 16. The van der Waals surface area contributed by atoms with E-state index in [2.05, 4.69) is 24.5 Å². The van der Waals surface area contributed by atoms with Crippen LogP contribution in [0.25, 0.3) is 0 Å². The first-order chi connectivity index (χ1) is 11.7. The monoisotopic (exact) mass is 348 g/mol. The van der Waals surface area contributed by atoms with E-state index in [1.165, 1.54) is 0 Å². The molecule has 0 rings (SSSR count). The Hall–Kier alpha value is -0.690. The van der Waals surface area contributed by atoms with Crippen LogP contribution in [0.3, 0.4) is 0 Å². The van der Waals surface area contributed by atoms with Crippen molar-refractivity contribution in [3.05, 3.63) is 0 Å². The summed E-state index contributed by atoms with van der Waals surface area (Å²) in [6.07, 6.45) is 2.39. The van der Waals surface area contributed by atoms with Crippen LogP contribution in [-0.4, -0.2) is 64.7 Å². The zero-order valence-corrected chi connectivity index (χ0v) is 16.5. The van der Waals surface area contributed by atoms with Crippen molar-refractivity contribution in [2.75, 3.05) is 52.7 Å². The first-order valence-corrected chi connectivity index (χ1v) is 9.40. The molecule has 0 aromatic heterocycles. The molecular formula is C18H40N2O4. The summed E-state index contributed by atoms with van der Waals surface area (Å²) in [7, 11) is 0. The molecule has 0 saturated carbocycles. The lowest BCUT2D eigenvalue weighted by atomic mass is 10.3. The second-order valence-electron chi connectivity index (χ2n) is 5.36. The number of hydrogen-bond acceptors (Lipinski definition) is 5. The van der Waals surface area contributed by atoms with Gasteiger partial charge in [-0.15, -0.1) is 0 Å². The van der Waals surface area contributed by atoms with Crippen molar-refractivity contribution < 1.29 is 19.0 Å². The van der Waals surface area contributed by atoms with E-state index >= 15 is 0 Å². The maximum atomic E-state index is 11.0. The molecule has 6 nitrogen and oxygen atoms in total. The molecule has 0 aliphatic heterocycles. The van der Waals surface area contributed by atoms with E-state index in [0.717, 1.165) is 26.0 Å². The van der Waals surface area contributed by atoms with E-state index < -0.39 is 0 Å². The smallest absolute Gasteiger partial charge is 0.219 e. The Morgan fingerprint density at radius 2 is 1.29 bits per heavy atom. The molecule has 0 aliphatic carbocycles. The molecule has 0 fully saturated rings. The molecule has 0 saturated heterocycles. The van der Waals surface area contributed by atoms with E-state index in [9.17, 15) is 4.79 Å². The fourth-order valence-electron chi connectivity index (χ4n) is 1.63. The molecular weight excluding hydrogens is 308 g/mol. The van der Waals surface area contributed by atoms with Crippen molar-refractivity contribution in [2.45, 2.75) is 59.9 Å². The van der Waals surface area contributed by atoms with Crippen LogP contribution >= 0.6 is 0 Å². The highest BCUT2D eigenvalue weighted by Gasteiger charge is 1.96. The summed E-state index contributed by atoms with van der Waals surface area (Å²) in [5.74, 6) is 0.0864. The second kappa shape index (κ2) is 22.3. The molecule has 0 aliphatic rings. The van der Waals surface area contributed by atoms with Crippen molar-refractivity contribution in [2.24, 2.45) is 0 Å². The maximum Gasteiger partial charge on any atom is 0.219 e. The minimum atomic E-state index is 0.0864. The van der Waals surface area contributed by atoms with E-state index in [1.807, 2.05) is 20.8 Å². The van der Waals surface area contributed by atoms with Gasteiger partial charge in [-0.2, -0.15) is 0 Å². The second-order valence-corrected chi connectivity index (χ2v) is 5.36. The zero-order valence-electron chi connectivity index (χ0n) is 16.5. The van der Waals surface area contributed by atoms with Gasteiger partial charge in [0.1, 0.15) is 0 Å². The highest BCUT2D eigenvalue weighted by molar-refractivity contribution is 5.75. The summed E-state index contributed by atoms with van der Waals surface area (Å²) in [4.78, 5) is 11.0. The van der Waals surface area contributed by atoms with Crippen molar-refractivity contribution in [3.8, 4) is 0 Å². The van der Waals surface area contributed by atoms with Gasteiger partial charge in [-0.25, -0.2) is 0 Å². The van der Waals surface area contributed by atoms with Gasteiger partial charge in [0.25, 0.3) is 0 Å². The Morgan fingerprint density at radius 1 is 0.833 bits per heavy atom. The maximum absolute atomic E-state index is 11.0. The minimum Gasteiger partial charge on any atom is -0.379 e. The van der Waals surface area contributed by atoms with Gasteiger partial charge in [-0.1, -0.05) is 34.6 Å². The van der Waals surface area contributed by atoms with Crippen LogP contribution in [0.1, 0.15) is 53.9 Å². The number of nitrogens with one attached hydrogen (secondary N) is 2. The first-order valence-electron chi connectivity index (χ1n) is 9.40. The highest BCUT2D eigenvalue weighted by Crippen LogP contribution is 1.86. The van der Waals surface area contributed by atoms with Gasteiger partial charge in [-0.3, -0.25) is 4.79 Å². The van der Waals surface area contributed by atoms with E-state index in [1.54, 1.807) is 0 Å². The number of carbonyl (C=O) groups excluding carboxylic acids is 1. The molecule has 24 heavy (non-hydrogen) atoms. The average molecular weight is 349 g/mol. The number of hydrogen-bond donors (Lipinski definition) is 2. The fraction of sp³-hybridized carbons (Fsp3) is 0.944. The number of carbonyl (C=O) groups is 1. The number of amides is 1. The molecule has 0 aromatic carbocycles. The van der Waals surface area contributed by atoms with Crippen molar-refractivity contribution >= 4 is 5.91 Å². The Labute approximate surface area is 149 Å². The summed E-state index contributed by atoms with van der Waals surface area (Å²) < 4.78 is 16.3. The Bertz CT molecular complexity index is 251. The van der Waals surface area contributed by atoms with Gasteiger partial charge in [0.15, 0.2) is 0 Å². The topological polar surface area (TPSA) is 68.8 Å². The van der Waals surface area contributed by atoms with Gasteiger partial charge >= 0.3 is 0 Å². The summed E-state index contributed by atoms with van der Waals surface area (Å²) >= 11 is 0. The SMILES string of the molecule is CC.CCC(=O)NCCCOCCOCCOCCCNC(C)C. The molecule has 0 spiro atoms. The normalized spacial score (nSPS) is 10.4. The Morgan fingerprint density at radius 3 is 1.75 bits per heavy atom. The van der Waals surface area contributed by atoms with Crippen LogP contribution in [-0.2, 0) is 19.0 Å². The standard InChI is InChI=1S/C16H34N2O4.C2H6/c1-4-16(19)18-8-6-10-21-12-14-22-13-11-20-9-5-7-17-15(2)3;1-2/h15,17H,4-14H2,1-3H3,(H,18,19);1-2H3. The third kappa shape index (κ3) is 23.6. The molecule has 0 unspecified atom stereocenters. The first kappa shape index (κ1) is 25.5. The third-order valence-corrected chi connectivity index (χ3v) is 2.87. The van der Waals surface area contributed by atoms with Gasteiger partial charge in [0, 0.05) is 32.2 Å². The predicted molar refractivity (Wildman–Crippen MR) is 99.5 cm³/mol. The summed E-state index contributed by atoms with van der Waals surface area (Å²) in [5, 5.41) is 6.15. The van der Waals surface area contributed by atoms with Crippen LogP contribution in [0, 0.1) is 0 Å². The molecule has 146 valence electrons. The van der Waals surface area contributed by atoms with Crippen molar-refractivity contribution in [1.29, 1.82) is 0 Å². The molecule has 0 aromatic rings. The van der Waals surface area contributed by atoms with E-state index in [-0.39, 0.29) is 5.91 Å². The number of ether oxygens (including phenoxy) is 3. The Balaban J connectivity index is 0. The summed E-state index contributed by atoms with van der Waals surface area (Å²) in [6.45, 7) is 15.6. The molecule has 0 bridgehead atoms. The lowest BCUT2D eigenvalue weighted by molar-refractivity contribution is -0.120. The lowest BCUT2D eigenvalue weighted by Crippen LogP contribution is -2.24. The largest absolute Gasteiger partial charge is 0.379 e. The summed E-state index contributed by atoms with van der Waals surface area (Å²) in [6, 6.07) is 0.534. The quantitative estimate of drug-likeness (QED) is 0.419. The van der Waals surface area contributed by atoms with Crippen molar-refractivity contribution in [3.63, 3.8) is 0 Å². The third-order valence-electron chi connectivity index (χ3n) is 2.87. The van der Waals surface area contributed by atoms with Crippen LogP contribution in [0.4, 0.5) is 0 Å². The average Bonchev–Trinajstić information content (AvgIpc) is 2.59. The van der Waals surface area contributed by atoms with Gasteiger partial charge in [0.05, 0.1) is 26.4 Å². The zero-order chi connectivity index (χ0) is 18.5. The van der Waals surface area contributed by atoms with Crippen molar-refractivity contribution in [1.82, 2.24) is 10.6 Å². The predicted octanol–water partition coefficient (Wildman–Crippen LogP) is 2.37. The molecule has 1 amide bonds. The van der Waals surface area contributed by atoms with Gasteiger partial charge in [0.2, 0.25) is 5.91 Å². The van der Waals surface area contributed by atoms with Crippen LogP contribution in [0.15, 0.2) is 0 Å². The Kier molecular flexibility index (Phi) is 23.7. The fourth-order valence-corrected chi connectivity index (χ4v) is 1.63. The molecule has 0 radical (unpaired) electrons. The van der Waals surface area contributed by atoms with Crippen LogP contribution < -0.4 is 10.6 Å². The van der Waals surface area contributed by atoms with Gasteiger partial charge < -0.3 is 24.8 Å². The van der Waals surface area contributed by atoms with Crippen LogP contribution in [0.5, 0.6) is 0 Å². The van der Waals surface area contributed by atoms with E-state index in [0.29, 0.717) is 52.0 Å². The molecule has 0 heterocycles.